The van der Waals surface area contributed by atoms with Gasteiger partial charge >= 0.3 is 5.97 Å². The highest BCUT2D eigenvalue weighted by molar-refractivity contribution is 7.99. The number of anilines is 1. The first kappa shape index (κ1) is 24.2. The normalized spacial score (nSPS) is 11.2. The third kappa shape index (κ3) is 7.30. The van der Waals surface area contributed by atoms with E-state index in [1.807, 2.05) is 36.4 Å². The number of carbonyl (C=O) groups is 1. The zero-order valence-electron chi connectivity index (χ0n) is 19.0. The highest BCUT2D eigenvalue weighted by Gasteiger charge is 2.14. The molecule has 6 heteroatoms. The molecule has 0 aliphatic rings. The van der Waals surface area contributed by atoms with Gasteiger partial charge in [0.05, 0.1) is 5.56 Å². The number of unbranched alkanes of at least 4 members (excludes halogenated alkanes) is 6. The lowest BCUT2D eigenvalue weighted by atomic mass is 10.1. The number of oxazole rings is 1. The third-order valence-corrected chi connectivity index (χ3v) is 6.69. The van der Waals surface area contributed by atoms with Crippen LogP contribution in [0.15, 0.2) is 57.8 Å². The molecule has 0 saturated heterocycles. The van der Waals surface area contributed by atoms with Crippen molar-refractivity contribution in [1.29, 1.82) is 0 Å². The van der Waals surface area contributed by atoms with E-state index in [9.17, 15) is 9.90 Å². The van der Waals surface area contributed by atoms with Gasteiger partial charge in [-0.25, -0.2) is 4.79 Å². The first-order valence-electron chi connectivity index (χ1n) is 11.7. The van der Waals surface area contributed by atoms with Gasteiger partial charge in [-0.1, -0.05) is 63.3 Å². The average Bonchev–Trinajstić information content (AvgIpc) is 3.24. The van der Waals surface area contributed by atoms with Crippen molar-refractivity contribution in [3.8, 4) is 0 Å². The molecule has 0 fully saturated rings. The summed E-state index contributed by atoms with van der Waals surface area (Å²) >= 11 is 1.62. The highest BCUT2D eigenvalue weighted by atomic mass is 32.2. The van der Waals surface area contributed by atoms with Gasteiger partial charge in [0.2, 0.25) is 0 Å². The van der Waals surface area contributed by atoms with E-state index < -0.39 is 5.97 Å². The topological polar surface area (TPSA) is 66.6 Å². The van der Waals surface area contributed by atoms with Crippen molar-refractivity contribution in [2.45, 2.75) is 63.2 Å². The van der Waals surface area contributed by atoms with Crippen LogP contribution in [0.3, 0.4) is 0 Å². The van der Waals surface area contributed by atoms with E-state index in [-0.39, 0.29) is 0 Å². The number of rotatable bonds is 15. The van der Waals surface area contributed by atoms with Gasteiger partial charge in [-0.3, -0.25) is 0 Å². The van der Waals surface area contributed by atoms with Gasteiger partial charge in [0.15, 0.2) is 5.58 Å². The second kappa shape index (κ2) is 13.2. The van der Waals surface area contributed by atoms with Crippen LogP contribution in [-0.4, -0.2) is 34.9 Å². The van der Waals surface area contributed by atoms with Crippen LogP contribution in [0.4, 0.5) is 6.01 Å². The van der Waals surface area contributed by atoms with Gasteiger partial charge in [0, 0.05) is 18.0 Å². The van der Waals surface area contributed by atoms with Crippen LogP contribution in [-0.2, 0) is 0 Å². The van der Waals surface area contributed by atoms with Crippen molar-refractivity contribution in [3.63, 3.8) is 0 Å². The molecule has 0 aliphatic carbocycles. The molecule has 2 aromatic carbocycles. The predicted molar refractivity (Wildman–Crippen MR) is 133 cm³/mol. The molecule has 0 atom stereocenters. The van der Waals surface area contributed by atoms with Crippen LogP contribution in [0.25, 0.3) is 11.1 Å². The minimum atomic E-state index is -0.867. The maximum atomic E-state index is 11.4. The largest absolute Gasteiger partial charge is 0.478 e. The van der Waals surface area contributed by atoms with E-state index >= 15 is 0 Å². The van der Waals surface area contributed by atoms with Crippen molar-refractivity contribution in [3.05, 3.63) is 54.1 Å². The monoisotopic (exact) mass is 454 g/mol. The Bertz CT molecular complexity index is 939. The van der Waals surface area contributed by atoms with E-state index in [1.165, 1.54) is 32.1 Å². The molecule has 0 amide bonds. The van der Waals surface area contributed by atoms with Crippen LogP contribution in [0.5, 0.6) is 0 Å². The molecule has 3 aromatic rings. The Morgan fingerprint density at radius 3 is 2.41 bits per heavy atom. The molecule has 0 unspecified atom stereocenters. The summed E-state index contributed by atoms with van der Waals surface area (Å²) < 4.78 is 6.04. The summed E-state index contributed by atoms with van der Waals surface area (Å²) in [5.41, 5.74) is 2.11. The smallest absolute Gasteiger partial charge is 0.336 e. The summed E-state index contributed by atoms with van der Waals surface area (Å²) in [5.74, 6) is 0.0251. The van der Waals surface area contributed by atoms with Crippen molar-refractivity contribution in [2.24, 2.45) is 0 Å². The number of fused-ring (bicyclic) bond motifs is 1. The number of hydrogen-bond donors (Lipinski definition) is 1. The van der Waals surface area contributed by atoms with Gasteiger partial charge in [0.25, 0.3) is 6.01 Å². The zero-order chi connectivity index (χ0) is 22.6. The van der Waals surface area contributed by atoms with Crippen molar-refractivity contribution < 1.29 is 14.3 Å². The summed E-state index contributed by atoms with van der Waals surface area (Å²) in [6.45, 7) is 4.09. The number of thioether (sulfide) groups is 1. The Balaban J connectivity index is 1.51. The number of para-hydroxylation sites is 2. The first-order valence-corrected chi connectivity index (χ1v) is 12.7. The second-order valence-corrected chi connectivity index (χ2v) is 9.21. The Kier molecular flexibility index (Phi) is 9.95. The lowest BCUT2D eigenvalue weighted by Crippen LogP contribution is -2.26. The summed E-state index contributed by atoms with van der Waals surface area (Å²) in [7, 11) is 0. The number of nitrogens with zero attached hydrogens (tertiary/aromatic N) is 2. The Morgan fingerprint density at radius 1 is 0.938 bits per heavy atom. The van der Waals surface area contributed by atoms with Gasteiger partial charge < -0.3 is 14.4 Å². The molecular formula is C26H34N2O3S. The average molecular weight is 455 g/mol. The number of aromatic nitrogens is 1. The fraction of sp³-hybridized carbons (Fsp3) is 0.462. The molecular weight excluding hydrogens is 420 g/mol. The molecule has 1 aromatic heterocycles. The number of hydrogen-bond acceptors (Lipinski definition) is 5. The fourth-order valence-electron chi connectivity index (χ4n) is 3.74. The predicted octanol–water partition coefficient (Wildman–Crippen LogP) is 7.27. The van der Waals surface area contributed by atoms with E-state index in [2.05, 4.69) is 11.8 Å². The van der Waals surface area contributed by atoms with Crippen LogP contribution < -0.4 is 4.90 Å². The van der Waals surface area contributed by atoms with Crippen LogP contribution in [0.1, 0.15) is 68.6 Å². The molecule has 1 N–H and O–H groups in total. The first-order chi connectivity index (χ1) is 15.7. The standard InChI is InChI=1S/C26H34N2O3S/c1-2-3-4-5-6-11-18-28(26-27-22-15-8-9-16-23(22)31-26)19-12-13-20-32-24-17-10-7-14-21(24)25(29)30/h7-10,14-17H,2-6,11-13,18-20H2,1H3,(H,29,30). The zero-order valence-corrected chi connectivity index (χ0v) is 19.8. The molecule has 32 heavy (non-hydrogen) atoms. The Morgan fingerprint density at radius 2 is 1.62 bits per heavy atom. The van der Waals surface area contributed by atoms with E-state index in [0.29, 0.717) is 11.6 Å². The quantitative estimate of drug-likeness (QED) is 0.192. The lowest BCUT2D eigenvalue weighted by Gasteiger charge is -2.20. The maximum Gasteiger partial charge on any atom is 0.336 e. The van der Waals surface area contributed by atoms with Gasteiger partial charge in [-0.2, -0.15) is 4.98 Å². The van der Waals surface area contributed by atoms with E-state index in [4.69, 9.17) is 9.40 Å². The number of aromatic carboxylic acids is 1. The van der Waals surface area contributed by atoms with Crippen molar-refractivity contribution in [2.75, 3.05) is 23.7 Å². The molecule has 0 bridgehead atoms. The number of carboxylic acid groups (broad SMARTS) is 1. The van der Waals surface area contributed by atoms with Gasteiger partial charge in [-0.05, 0) is 49.3 Å². The molecule has 0 radical (unpaired) electrons. The summed E-state index contributed by atoms with van der Waals surface area (Å²) in [6.07, 6.45) is 9.58. The highest BCUT2D eigenvalue weighted by Crippen LogP contribution is 2.25. The Labute approximate surface area is 195 Å². The molecule has 0 spiro atoms. The van der Waals surface area contributed by atoms with Crippen LogP contribution in [0, 0.1) is 0 Å². The second-order valence-electron chi connectivity index (χ2n) is 8.08. The van der Waals surface area contributed by atoms with Crippen molar-refractivity contribution in [1.82, 2.24) is 4.98 Å². The van der Waals surface area contributed by atoms with E-state index in [0.717, 1.165) is 54.1 Å². The summed E-state index contributed by atoms with van der Waals surface area (Å²) in [6, 6.07) is 15.8. The summed E-state index contributed by atoms with van der Waals surface area (Å²) in [5, 5.41) is 9.34. The molecule has 5 nitrogen and oxygen atoms in total. The SMILES string of the molecule is CCCCCCCCN(CCCCSc1ccccc1C(=O)O)c1nc2ccccc2o1. The maximum absolute atomic E-state index is 11.4. The van der Waals surface area contributed by atoms with Gasteiger partial charge in [0.1, 0.15) is 5.52 Å². The number of benzene rings is 2. The number of carboxylic acids is 1. The Hall–Kier alpha value is -2.47. The fourth-order valence-corrected chi connectivity index (χ4v) is 4.79. The summed E-state index contributed by atoms with van der Waals surface area (Å²) in [4.78, 5) is 19.2. The molecule has 172 valence electrons. The van der Waals surface area contributed by atoms with Crippen molar-refractivity contribution >= 4 is 34.8 Å². The molecule has 1 heterocycles. The molecule has 3 rings (SSSR count). The molecule has 0 saturated carbocycles. The minimum absolute atomic E-state index is 0.383. The minimum Gasteiger partial charge on any atom is -0.478 e. The lowest BCUT2D eigenvalue weighted by molar-refractivity contribution is 0.0693. The van der Waals surface area contributed by atoms with Crippen LogP contribution >= 0.6 is 11.8 Å². The van der Waals surface area contributed by atoms with Gasteiger partial charge in [-0.15, -0.1) is 11.8 Å². The van der Waals surface area contributed by atoms with E-state index in [1.54, 1.807) is 23.9 Å². The van der Waals surface area contributed by atoms with Crippen LogP contribution in [0.2, 0.25) is 0 Å². The third-order valence-electron chi connectivity index (χ3n) is 5.53. The molecule has 0 aliphatic heterocycles.